The van der Waals surface area contributed by atoms with Gasteiger partial charge in [0, 0.05) is 16.7 Å². The summed E-state index contributed by atoms with van der Waals surface area (Å²) < 4.78 is 0. The summed E-state index contributed by atoms with van der Waals surface area (Å²) in [6.07, 6.45) is 2.58. The molecule has 2 heteroatoms. The molecule has 2 atom stereocenters. The maximum absolute atomic E-state index is 3.45. The Morgan fingerprint density at radius 1 is 1.35 bits per heavy atom. The first-order valence-electron chi connectivity index (χ1n) is 6.54. The van der Waals surface area contributed by atoms with Gasteiger partial charge in [-0.15, -0.1) is 11.8 Å². The molecule has 17 heavy (non-hydrogen) atoms. The zero-order valence-corrected chi connectivity index (χ0v) is 12.3. The van der Waals surface area contributed by atoms with Crippen molar-refractivity contribution in [2.75, 3.05) is 12.8 Å². The molecule has 0 saturated carbocycles. The first-order valence-corrected chi connectivity index (χ1v) is 7.52. The van der Waals surface area contributed by atoms with Crippen LogP contribution in [0.1, 0.15) is 32.3 Å². The normalized spacial score (nSPS) is 14.6. The minimum atomic E-state index is 0.612. The van der Waals surface area contributed by atoms with Gasteiger partial charge in [-0.3, -0.25) is 0 Å². The molecule has 0 saturated heterocycles. The Kier molecular flexibility index (Phi) is 6.68. The van der Waals surface area contributed by atoms with Gasteiger partial charge in [0.1, 0.15) is 0 Å². The predicted molar refractivity (Wildman–Crippen MR) is 78.8 cm³/mol. The number of benzene rings is 1. The van der Waals surface area contributed by atoms with E-state index in [2.05, 4.69) is 57.4 Å². The van der Waals surface area contributed by atoms with E-state index >= 15 is 0 Å². The van der Waals surface area contributed by atoms with Crippen LogP contribution in [0.4, 0.5) is 0 Å². The average molecular weight is 251 g/mol. The molecule has 1 N–H and O–H groups in total. The highest BCUT2D eigenvalue weighted by Gasteiger charge is 2.14. The number of nitrogens with one attached hydrogen (secondary N) is 1. The van der Waals surface area contributed by atoms with E-state index in [1.807, 2.05) is 11.8 Å². The smallest absolute Gasteiger partial charge is 0.0184 e. The second kappa shape index (κ2) is 7.78. The highest BCUT2D eigenvalue weighted by molar-refractivity contribution is 7.99. The summed E-state index contributed by atoms with van der Waals surface area (Å²) in [5.74, 6) is 1.91. The summed E-state index contributed by atoms with van der Waals surface area (Å²) in [4.78, 5) is 1.38. The molecular formula is C15H25NS. The van der Waals surface area contributed by atoms with Gasteiger partial charge in [0.2, 0.25) is 0 Å². The number of hydrogen-bond acceptors (Lipinski definition) is 2. The Hall–Kier alpha value is -0.470. The second-order valence-electron chi connectivity index (χ2n) is 4.79. The van der Waals surface area contributed by atoms with Crippen LogP contribution in [0, 0.1) is 12.8 Å². The first kappa shape index (κ1) is 14.6. The third-order valence-corrected chi connectivity index (χ3v) is 4.33. The van der Waals surface area contributed by atoms with E-state index < -0.39 is 0 Å². The molecule has 0 radical (unpaired) electrons. The van der Waals surface area contributed by atoms with E-state index in [0.29, 0.717) is 6.04 Å². The molecule has 2 unspecified atom stereocenters. The lowest BCUT2D eigenvalue weighted by atomic mass is 9.98. The van der Waals surface area contributed by atoms with Gasteiger partial charge in [-0.2, -0.15) is 0 Å². The highest BCUT2D eigenvalue weighted by atomic mass is 32.2. The molecule has 1 rings (SSSR count). The minimum absolute atomic E-state index is 0.612. The molecule has 0 aromatic heterocycles. The maximum atomic E-state index is 3.45. The molecule has 0 fully saturated rings. The fourth-order valence-corrected chi connectivity index (χ4v) is 3.39. The quantitative estimate of drug-likeness (QED) is 0.732. The fraction of sp³-hybridized carbons (Fsp3) is 0.600. The van der Waals surface area contributed by atoms with Gasteiger partial charge in [-0.1, -0.05) is 38.0 Å². The summed E-state index contributed by atoms with van der Waals surface area (Å²) >= 11 is 1.96. The number of hydrogen-bond donors (Lipinski definition) is 1. The van der Waals surface area contributed by atoms with Crippen molar-refractivity contribution in [3.8, 4) is 0 Å². The first-order chi connectivity index (χ1) is 8.17. The molecule has 0 aliphatic carbocycles. The molecule has 96 valence electrons. The Labute approximate surface area is 110 Å². The predicted octanol–water partition coefficient (Wildman–Crippen LogP) is 4.11. The molecular weight excluding hydrogens is 226 g/mol. The van der Waals surface area contributed by atoms with Crippen LogP contribution < -0.4 is 5.32 Å². The Bertz CT molecular complexity index is 324. The van der Waals surface area contributed by atoms with E-state index in [1.54, 1.807) is 0 Å². The van der Waals surface area contributed by atoms with Crippen LogP contribution >= 0.6 is 11.8 Å². The molecule has 1 aromatic rings. The van der Waals surface area contributed by atoms with Crippen molar-refractivity contribution in [3.05, 3.63) is 29.8 Å². The van der Waals surface area contributed by atoms with E-state index in [0.717, 1.165) is 11.7 Å². The van der Waals surface area contributed by atoms with Gasteiger partial charge in [-0.05, 0) is 38.4 Å². The molecule has 0 heterocycles. The summed E-state index contributed by atoms with van der Waals surface area (Å²) in [5.41, 5.74) is 1.35. The molecule has 0 spiro atoms. The monoisotopic (exact) mass is 251 g/mol. The van der Waals surface area contributed by atoms with Crippen LogP contribution in [0.5, 0.6) is 0 Å². The maximum Gasteiger partial charge on any atom is 0.0184 e. The van der Waals surface area contributed by atoms with Crippen LogP contribution in [0.2, 0.25) is 0 Å². The Balaban J connectivity index is 2.47. The molecule has 0 aliphatic rings. The topological polar surface area (TPSA) is 12.0 Å². The van der Waals surface area contributed by atoms with E-state index in [9.17, 15) is 0 Å². The Morgan fingerprint density at radius 2 is 2.12 bits per heavy atom. The third-order valence-electron chi connectivity index (χ3n) is 3.22. The van der Waals surface area contributed by atoms with E-state index in [1.165, 1.54) is 23.3 Å². The van der Waals surface area contributed by atoms with Gasteiger partial charge >= 0.3 is 0 Å². The van der Waals surface area contributed by atoms with Crippen molar-refractivity contribution in [1.82, 2.24) is 5.32 Å². The molecule has 0 bridgehead atoms. The summed E-state index contributed by atoms with van der Waals surface area (Å²) in [5, 5.41) is 3.45. The zero-order chi connectivity index (χ0) is 12.7. The van der Waals surface area contributed by atoms with E-state index in [-0.39, 0.29) is 0 Å². The third kappa shape index (κ3) is 5.13. The van der Waals surface area contributed by atoms with Crippen molar-refractivity contribution in [2.45, 2.75) is 44.6 Å². The van der Waals surface area contributed by atoms with Crippen LogP contribution in [0.25, 0.3) is 0 Å². The molecule has 0 amide bonds. The van der Waals surface area contributed by atoms with Gasteiger partial charge in [-0.25, -0.2) is 0 Å². The van der Waals surface area contributed by atoms with Crippen molar-refractivity contribution < 1.29 is 0 Å². The van der Waals surface area contributed by atoms with Crippen LogP contribution in [-0.4, -0.2) is 18.8 Å². The summed E-state index contributed by atoms with van der Waals surface area (Å²) in [7, 11) is 2.08. The van der Waals surface area contributed by atoms with Crippen LogP contribution in [0.15, 0.2) is 29.2 Å². The zero-order valence-electron chi connectivity index (χ0n) is 11.5. The van der Waals surface area contributed by atoms with Gasteiger partial charge in [0.25, 0.3) is 0 Å². The largest absolute Gasteiger partial charge is 0.316 e. The number of rotatable bonds is 7. The van der Waals surface area contributed by atoms with Crippen molar-refractivity contribution in [1.29, 1.82) is 0 Å². The number of aryl methyl sites for hydroxylation is 1. The fourth-order valence-electron chi connectivity index (χ4n) is 2.08. The van der Waals surface area contributed by atoms with Crippen LogP contribution in [-0.2, 0) is 0 Å². The van der Waals surface area contributed by atoms with Crippen molar-refractivity contribution in [3.63, 3.8) is 0 Å². The van der Waals surface area contributed by atoms with Gasteiger partial charge in [0.05, 0.1) is 0 Å². The number of thioether (sulfide) groups is 1. The SMILES string of the molecule is CCCC(C)C(CSc1cccc(C)c1)NC. The lowest BCUT2D eigenvalue weighted by Gasteiger charge is -2.22. The minimum Gasteiger partial charge on any atom is -0.316 e. The molecule has 0 aliphatic heterocycles. The van der Waals surface area contributed by atoms with Crippen LogP contribution in [0.3, 0.4) is 0 Å². The van der Waals surface area contributed by atoms with Crippen molar-refractivity contribution in [2.24, 2.45) is 5.92 Å². The Morgan fingerprint density at radius 3 is 2.71 bits per heavy atom. The molecule has 1 nitrogen and oxygen atoms in total. The lowest BCUT2D eigenvalue weighted by molar-refractivity contribution is 0.403. The summed E-state index contributed by atoms with van der Waals surface area (Å²) in [6.45, 7) is 6.76. The van der Waals surface area contributed by atoms with Gasteiger partial charge < -0.3 is 5.32 Å². The standard InChI is InChI=1S/C15H25NS/c1-5-7-13(3)15(16-4)11-17-14-9-6-8-12(2)10-14/h6,8-10,13,15-16H,5,7,11H2,1-4H3. The lowest BCUT2D eigenvalue weighted by Crippen LogP contribution is -2.34. The van der Waals surface area contributed by atoms with Gasteiger partial charge in [0.15, 0.2) is 0 Å². The average Bonchev–Trinajstić information content (AvgIpc) is 2.30. The van der Waals surface area contributed by atoms with E-state index in [4.69, 9.17) is 0 Å². The van der Waals surface area contributed by atoms with Crippen molar-refractivity contribution >= 4 is 11.8 Å². The summed E-state index contributed by atoms with van der Waals surface area (Å²) in [6, 6.07) is 9.37. The molecule has 1 aromatic carbocycles. The second-order valence-corrected chi connectivity index (χ2v) is 5.88. The highest BCUT2D eigenvalue weighted by Crippen LogP contribution is 2.23.